The van der Waals surface area contributed by atoms with Crippen molar-refractivity contribution in [3.63, 3.8) is 0 Å². The van der Waals surface area contributed by atoms with Crippen molar-refractivity contribution in [1.29, 1.82) is 0 Å². The van der Waals surface area contributed by atoms with Crippen molar-refractivity contribution in [2.24, 2.45) is 23.7 Å². The first-order valence-electron chi connectivity index (χ1n) is 8.74. The number of aromatic nitrogens is 3. The molecule has 4 heteroatoms. The third-order valence-electron chi connectivity index (χ3n) is 6.35. The molecule has 5 rings (SSSR count). The van der Waals surface area contributed by atoms with Crippen molar-refractivity contribution < 1.29 is 0 Å². The highest BCUT2D eigenvalue weighted by atomic mass is 15.1. The van der Waals surface area contributed by atoms with Crippen LogP contribution in [0.15, 0.2) is 24.5 Å². The number of aryl methyl sites for hydroxylation is 1. The van der Waals surface area contributed by atoms with E-state index in [1.807, 2.05) is 18.3 Å². The normalized spacial score (nSPS) is 33.6. The molecule has 118 valence electrons. The fourth-order valence-electron chi connectivity index (χ4n) is 5.07. The third kappa shape index (κ3) is 2.00. The Labute approximate surface area is 136 Å². The molecule has 2 bridgehead atoms. The summed E-state index contributed by atoms with van der Waals surface area (Å²) < 4.78 is 0. The van der Waals surface area contributed by atoms with Crippen LogP contribution in [0.5, 0.6) is 0 Å². The Morgan fingerprint density at radius 3 is 2.57 bits per heavy atom. The smallest absolute Gasteiger partial charge is 0.163 e. The number of nitrogens with zero attached hydrogens (tertiary/aromatic N) is 3. The van der Waals surface area contributed by atoms with Crippen LogP contribution < -0.4 is 5.32 Å². The fraction of sp³-hybridized carbons (Fsp3) is 0.526. The molecule has 1 N–H and O–H groups in total. The molecule has 3 saturated carbocycles. The minimum atomic E-state index is 0.649. The van der Waals surface area contributed by atoms with Crippen LogP contribution in [0.2, 0.25) is 0 Å². The van der Waals surface area contributed by atoms with E-state index < -0.39 is 0 Å². The molecule has 4 atom stereocenters. The monoisotopic (exact) mass is 306 g/mol. The van der Waals surface area contributed by atoms with Crippen LogP contribution in [0.4, 0.5) is 5.82 Å². The largest absolute Gasteiger partial charge is 0.366 e. The van der Waals surface area contributed by atoms with E-state index in [0.29, 0.717) is 6.04 Å². The molecule has 3 aliphatic rings. The van der Waals surface area contributed by atoms with Gasteiger partial charge in [-0.25, -0.2) is 9.97 Å². The lowest BCUT2D eigenvalue weighted by Crippen LogP contribution is -2.15. The predicted molar refractivity (Wildman–Crippen MR) is 90.0 cm³/mol. The Morgan fingerprint density at radius 1 is 1.09 bits per heavy atom. The lowest BCUT2D eigenvalue weighted by Gasteiger charge is -2.15. The highest BCUT2D eigenvalue weighted by molar-refractivity contribution is 5.59. The molecule has 0 saturated heterocycles. The maximum absolute atomic E-state index is 4.82. The van der Waals surface area contributed by atoms with Gasteiger partial charge in [0.1, 0.15) is 5.82 Å². The molecule has 3 aliphatic carbocycles. The summed E-state index contributed by atoms with van der Waals surface area (Å²) in [5, 5.41) is 3.77. The summed E-state index contributed by atoms with van der Waals surface area (Å²) in [6, 6.07) is 4.60. The number of hydrogen-bond acceptors (Lipinski definition) is 4. The van der Waals surface area contributed by atoms with Crippen LogP contribution in [0.1, 0.15) is 30.5 Å². The molecule has 2 heterocycles. The lowest BCUT2D eigenvalue weighted by molar-refractivity contribution is 0.456. The quantitative estimate of drug-likeness (QED) is 0.941. The van der Waals surface area contributed by atoms with Gasteiger partial charge in [-0.1, -0.05) is 0 Å². The minimum Gasteiger partial charge on any atom is -0.366 e. The van der Waals surface area contributed by atoms with Gasteiger partial charge in [0.05, 0.1) is 0 Å². The Balaban J connectivity index is 1.45. The van der Waals surface area contributed by atoms with Gasteiger partial charge < -0.3 is 5.32 Å². The van der Waals surface area contributed by atoms with Crippen LogP contribution in [0.3, 0.4) is 0 Å². The molecule has 2 aromatic rings. The number of rotatable bonds is 3. The van der Waals surface area contributed by atoms with Gasteiger partial charge in [0.25, 0.3) is 0 Å². The highest BCUT2D eigenvalue weighted by Gasteiger charge is 2.65. The zero-order valence-corrected chi connectivity index (χ0v) is 13.7. The van der Waals surface area contributed by atoms with E-state index >= 15 is 0 Å². The van der Waals surface area contributed by atoms with Gasteiger partial charge in [-0.05, 0) is 68.9 Å². The molecule has 0 aromatic carbocycles. The SMILES string of the molecule is Cc1nc(-c2cccnc2)nc(NC2C3C4CCC(C4)C23)c1C. The molecule has 3 fully saturated rings. The van der Waals surface area contributed by atoms with Crippen LogP contribution in [0, 0.1) is 37.5 Å². The molecular formula is C19H22N4. The van der Waals surface area contributed by atoms with Gasteiger partial charge in [0.15, 0.2) is 5.82 Å². The summed E-state index contributed by atoms with van der Waals surface area (Å²) in [5.74, 6) is 5.57. The average molecular weight is 306 g/mol. The van der Waals surface area contributed by atoms with Crippen molar-refractivity contribution in [1.82, 2.24) is 15.0 Å². The van der Waals surface area contributed by atoms with Gasteiger partial charge in [0.2, 0.25) is 0 Å². The van der Waals surface area contributed by atoms with Crippen molar-refractivity contribution in [3.05, 3.63) is 35.8 Å². The fourth-order valence-corrected chi connectivity index (χ4v) is 5.07. The molecule has 0 radical (unpaired) electrons. The van der Waals surface area contributed by atoms with E-state index in [0.717, 1.165) is 46.6 Å². The number of hydrogen-bond donors (Lipinski definition) is 1. The standard InChI is InChI=1S/C19H22N4/c1-10-11(2)21-19(14-4-3-7-20-9-14)23-18(10)22-17-15-12-5-6-13(8-12)16(15)17/h3-4,7,9,12-13,15-17H,5-6,8H2,1-2H3,(H,21,22,23). The number of pyridine rings is 1. The number of anilines is 1. The van der Waals surface area contributed by atoms with Crippen LogP contribution in [-0.4, -0.2) is 21.0 Å². The van der Waals surface area contributed by atoms with E-state index in [1.165, 1.54) is 24.8 Å². The molecule has 4 unspecified atom stereocenters. The topological polar surface area (TPSA) is 50.7 Å². The van der Waals surface area contributed by atoms with E-state index in [9.17, 15) is 0 Å². The lowest BCUT2D eigenvalue weighted by atomic mass is 10.0. The third-order valence-corrected chi connectivity index (χ3v) is 6.35. The van der Waals surface area contributed by atoms with Gasteiger partial charge in [0, 0.05) is 35.3 Å². The zero-order chi connectivity index (χ0) is 15.6. The minimum absolute atomic E-state index is 0.649. The molecule has 4 nitrogen and oxygen atoms in total. The number of fused-ring (bicyclic) bond motifs is 5. The summed E-state index contributed by atoms with van der Waals surface area (Å²) in [6.45, 7) is 4.19. The molecule has 0 aliphatic heterocycles. The van der Waals surface area contributed by atoms with E-state index in [-0.39, 0.29) is 0 Å². The Kier molecular flexibility index (Phi) is 2.79. The van der Waals surface area contributed by atoms with Crippen molar-refractivity contribution in [3.8, 4) is 11.4 Å². The average Bonchev–Trinajstić information content (AvgIpc) is 2.94. The van der Waals surface area contributed by atoms with E-state index in [1.54, 1.807) is 6.20 Å². The molecule has 23 heavy (non-hydrogen) atoms. The highest BCUT2D eigenvalue weighted by Crippen LogP contribution is 2.66. The molecule has 0 spiro atoms. The van der Waals surface area contributed by atoms with Crippen molar-refractivity contribution >= 4 is 5.82 Å². The first-order valence-corrected chi connectivity index (χ1v) is 8.74. The molecule has 0 amide bonds. The maximum Gasteiger partial charge on any atom is 0.163 e. The Bertz CT molecular complexity index is 741. The van der Waals surface area contributed by atoms with Gasteiger partial charge in [-0.2, -0.15) is 0 Å². The molecular weight excluding hydrogens is 284 g/mol. The van der Waals surface area contributed by atoms with Crippen LogP contribution in [0.25, 0.3) is 11.4 Å². The summed E-state index contributed by atoms with van der Waals surface area (Å²) in [5.41, 5.74) is 3.21. The zero-order valence-electron chi connectivity index (χ0n) is 13.7. The first kappa shape index (κ1) is 13.5. The van der Waals surface area contributed by atoms with Crippen LogP contribution >= 0.6 is 0 Å². The summed E-state index contributed by atoms with van der Waals surface area (Å²) in [4.78, 5) is 13.7. The van der Waals surface area contributed by atoms with Crippen LogP contribution in [-0.2, 0) is 0 Å². The summed E-state index contributed by atoms with van der Waals surface area (Å²) in [6.07, 6.45) is 8.00. The van der Waals surface area contributed by atoms with Gasteiger partial charge in [-0.3, -0.25) is 4.98 Å². The Hall–Kier alpha value is -1.97. The second-order valence-electron chi connectivity index (χ2n) is 7.51. The first-order chi connectivity index (χ1) is 11.2. The maximum atomic E-state index is 4.82. The number of nitrogens with one attached hydrogen (secondary N) is 1. The summed E-state index contributed by atoms with van der Waals surface area (Å²) >= 11 is 0. The Morgan fingerprint density at radius 2 is 1.87 bits per heavy atom. The van der Waals surface area contributed by atoms with Crippen molar-refractivity contribution in [2.75, 3.05) is 5.32 Å². The van der Waals surface area contributed by atoms with E-state index in [2.05, 4.69) is 29.1 Å². The molecule has 2 aromatic heterocycles. The second kappa shape index (κ2) is 4.76. The van der Waals surface area contributed by atoms with E-state index in [4.69, 9.17) is 4.98 Å². The second-order valence-corrected chi connectivity index (χ2v) is 7.51. The summed E-state index contributed by atoms with van der Waals surface area (Å²) in [7, 11) is 0. The van der Waals surface area contributed by atoms with Gasteiger partial charge in [-0.15, -0.1) is 0 Å². The predicted octanol–water partition coefficient (Wildman–Crippen LogP) is 3.61. The van der Waals surface area contributed by atoms with Gasteiger partial charge >= 0.3 is 0 Å². The van der Waals surface area contributed by atoms with Crippen molar-refractivity contribution in [2.45, 2.75) is 39.2 Å².